The molecule has 0 radical (unpaired) electrons. The van der Waals surface area contributed by atoms with Crippen LogP contribution in [-0.2, 0) is 24.3 Å². The minimum absolute atomic E-state index is 0.0527. The van der Waals surface area contributed by atoms with E-state index in [4.69, 9.17) is 4.74 Å². The number of piperidine rings is 1. The van der Waals surface area contributed by atoms with E-state index in [0.29, 0.717) is 17.1 Å². The molecule has 1 aliphatic heterocycles. The summed E-state index contributed by atoms with van der Waals surface area (Å²) in [6, 6.07) is 3.34. The Bertz CT molecular complexity index is 695. The van der Waals surface area contributed by atoms with Crippen LogP contribution in [0.2, 0.25) is 0 Å². The highest BCUT2D eigenvalue weighted by molar-refractivity contribution is 7.91. The largest absolute Gasteiger partial charge is 0.455 e. The fraction of sp³-hybridized carbons (Fsp3) is 0.647. The van der Waals surface area contributed by atoms with Gasteiger partial charge in [-0.2, -0.15) is 4.31 Å². The number of nitrogens with one attached hydrogen (secondary N) is 1. The lowest BCUT2D eigenvalue weighted by molar-refractivity contribution is -0.153. The molecule has 1 fully saturated rings. The summed E-state index contributed by atoms with van der Waals surface area (Å²) in [5.41, 5.74) is 0. The number of esters is 1. The number of sulfonamides is 1. The first kappa shape index (κ1) is 20.9. The van der Waals surface area contributed by atoms with Gasteiger partial charge < -0.3 is 10.1 Å². The summed E-state index contributed by atoms with van der Waals surface area (Å²) in [4.78, 5) is 23.9. The summed E-state index contributed by atoms with van der Waals surface area (Å²) >= 11 is 1.18. The van der Waals surface area contributed by atoms with Gasteiger partial charge in [-0.05, 0) is 37.6 Å². The van der Waals surface area contributed by atoms with Crippen LogP contribution >= 0.6 is 11.3 Å². The van der Waals surface area contributed by atoms with E-state index in [1.165, 1.54) is 15.6 Å². The van der Waals surface area contributed by atoms with Crippen LogP contribution in [0.15, 0.2) is 21.7 Å². The molecule has 1 amide bonds. The lowest BCUT2D eigenvalue weighted by Crippen LogP contribution is -2.41. The predicted molar refractivity (Wildman–Crippen MR) is 99.3 cm³/mol. The zero-order chi connectivity index (χ0) is 19.2. The van der Waals surface area contributed by atoms with Crippen molar-refractivity contribution in [2.45, 2.75) is 49.8 Å². The lowest BCUT2D eigenvalue weighted by Gasteiger charge is -2.29. The first-order valence-corrected chi connectivity index (χ1v) is 11.2. The van der Waals surface area contributed by atoms with Crippen LogP contribution in [0, 0.1) is 5.92 Å². The van der Waals surface area contributed by atoms with Gasteiger partial charge in [0, 0.05) is 19.1 Å². The predicted octanol–water partition coefficient (Wildman–Crippen LogP) is 2.00. The standard InChI is InChI=1S/C17H26N2O5S2/c1-3-5-13(2)18-15(20)12-24-17(21)14-7-9-19(10-8-14)26(22,23)16-6-4-11-25-16/h4,6,11,13-14H,3,5,7-10,12H2,1-2H3,(H,18,20)/t13-/m0/s1. The third-order valence-corrected chi connectivity index (χ3v) is 7.62. The van der Waals surface area contributed by atoms with Crippen LogP contribution in [0.3, 0.4) is 0 Å². The Hall–Kier alpha value is -1.45. The van der Waals surface area contributed by atoms with Crippen molar-refractivity contribution in [3.05, 3.63) is 17.5 Å². The summed E-state index contributed by atoms with van der Waals surface area (Å²) in [6.45, 7) is 4.21. The zero-order valence-electron chi connectivity index (χ0n) is 15.1. The molecule has 0 aliphatic carbocycles. The number of thiophene rings is 1. The average Bonchev–Trinajstić information content (AvgIpc) is 3.15. The van der Waals surface area contributed by atoms with Gasteiger partial charge in [0.15, 0.2) is 6.61 Å². The fourth-order valence-electron chi connectivity index (χ4n) is 2.95. The summed E-state index contributed by atoms with van der Waals surface area (Å²) < 4.78 is 31.7. The van der Waals surface area contributed by atoms with Crippen LogP contribution in [-0.4, -0.2) is 50.3 Å². The molecule has 1 saturated heterocycles. The highest BCUT2D eigenvalue weighted by Gasteiger charge is 2.33. The first-order chi connectivity index (χ1) is 12.3. The number of nitrogens with zero attached hydrogens (tertiary/aromatic N) is 1. The molecule has 146 valence electrons. The quantitative estimate of drug-likeness (QED) is 0.672. The second kappa shape index (κ2) is 9.48. The van der Waals surface area contributed by atoms with Gasteiger partial charge in [-0.3, -0.25) is 9.59 Å². The van der Waals surface area contributed by atoms with Crippen molar-refractivity contribution in [2.24, 2.45) is 5.92 Å². The van der Waals surface area contributed by atoms with Crippen LogP contribution < -0.4 is 5.32 Å². The molecule has 0 bridgehead atoms. The van der Waals surface area contributed by atoms with Crippen LogP contribution in [0.4, 0.5) is 0 Å². The SMILES string of the molecule is CCC[C@H](C)NC(=O)COC(=O)C1CCN(S(=O)(=O)c2cccs2)CC1. The third-order valence-electron chi connectivity index (χ3n) is 4.35. The van der Waals surface area contributed by atoms with E-state index in [-0.39, 0.29) is 37.6 Å². The van der Waals surface area contributed by atoms with Crippen molar-refractivity contribution in [1.29, 1.82) is 0 Å². The topological polar surface area (TPSA) is 92.8 Å². The van der Waals surface area contributed by atoms with Gasteiger partial charge in [-0.25, -0.2) is 8.42 Å². The van der Waals surface area contributed by atoms with Crippen molar-refractivity contribution in [3.63, 3.8) is 0 Å². The van der Waals surface area contributed by atoms with E-state index in [1.807, 2.05) is 13.8 Å². The lowest BCUT2D eigenvalue weighted by atomic mass is 9.98. The second-order valence-electron chi connectivity index (χ2n) is 6.48. The number of hydrogen-bond acceptors (Lipinski definition) is 6. The second-order valence-corrected chi connectivity index (χ2v) is 9.59. The number of rotatable bonds is 8. The van der Waals surface area contributed by atoms with Crippen LogP contribution in [0.1, 0.15) is 39.5 Å². The molecule has 0 aromatic carbocycles. The Morgan fingerprint density at radius 3 is 2.65 bits per heavy atom. The average molecular weight is 403 g/mol. The molecule has 9 heteroatoms. The van der Waals surface area contributed by atoms with Crippen molar-refractivity contribution in [3.8, 4) is 0 Å². The van der Waals surface area contributed by atoms with Crippen LogP contribution in [0.5, 0.6) is 0 Å². The number of amides is 1. The Morgan fingerprint density at radius 2 is 2.08 bits per heavy atom. The van der Waals surface area contributed by atoms with Gasteiger partial charge in [-0.1, -0.05) is 19.4 Å². The van der Waals surface area contributed by atoms with E-state index in [1.54, 1.807) is 17.5 Å². The van der Waals surface area contributed by atoms with Crippen molar-refractivity contribution in [2.75, 3.05) is 19.7 Å². The third kappa shape index (κ3) is 5.52. The highest BCUT2D eigenvalue weighted by Crippen LogP contribution is 2.26. The van der Waals surface area contributed by atoms with E-state index < -0.39 is 16.0 Å². The summed E-state index contributed by atoms with van der Waals surface area (Å²) in [6.07, 6.45) is 2.64. The van der Waals surface area contributed by atoms with Crippen molar-refractivity contribution >= 4 is 33.2 Å². The number of carbonyl (C=O) groups excluding carboxylic acids is 2. The number of ether oxygens (including phenoxy) is 1. The number of carbonyl (C=O) groups is 2. The highest BCUT2D eigenvalue weighted by atomic mass is 32.2. The minimum atomic E-state index is -3.48. The molecule has 7 nitrogen and oxygen atoms in total. The maximum absolute atomic E-state index is 12.5. The normalized spacial score (nSPS) is 17.6. The van der Waals surface area contributed by atoms with Gasteiger partial charge >= 0.3 is 5.97 Å². The van der Waals surface area contributed by atoms with E-state index in [2.05, 4.69) is 5.32 Å². The molecule has 26 heavy (non-hydrogen) atoms. The maximum atomic E-state index is 12.5. The molecule has 1 aliphatic rings. The van der Waals surface area contributed by atoms with Crippen molar-refractivity contribution < 1.29 is 22.7 Å². The van der Waals surface area contributed by atoms with E-state index in [9.17, 15) is 18.0 Å². The monoisotopic (exact) mass is 402 g/mol. The van der Waals surface area contributed by atoms with Crippen molar-refractivity contribution in [1.82, 2.24) is 9.62 Å². The Kier molecular flexibility index (Phi) is 7.60. The molecule has 1 atom stereocenters. The molecule has 0 spiro atoms. The van der Waals surface area contributed by atoms with Gasteiger partial charge in [0.2, 0.25) is 0 Å². The molecule has 2 heterocycles. The van der Waals surface area contributed by atoms with Gasteiger partial charge in [0.05, 0.1) is 5.92 Å². The Labute approximate surface area is 158 Å². The van der Waals surface area contributed by atoms with Gasteiger partial charge in [0.1, 0.15) is 4.21 Å². The first-order valence-electron chi connectivity index (χ1n) is 8.84. The molecule has 0 saturated carbocycles. The summed E-state index contributed by atoms with van der Waals surface area (Å²) in [5, 5.41) is 4.50. The van der Waals surface area contributed by atoms with E-state index in [0.717, 1.165) is 12.8 Å². The Balaban J connectivity index is 1.77. The zero-order valence-corrected chi connectivity index (χ0v) is 16.8. The molecule has 0 unspecified atom stereocenters. The van der Waals surface area contributed by atoms with Gasteiger partial charge in [-0.15, -0.1) is 11.3 Å². The minimum Gasteiger partial charge on any atom is -0.455 e. The van der Waals surface area contributed by atoms with Gasteiger partial charge in [0.25, 0.3) is 15.9 Å². The molecular weight excluding hydrogens is 376 g/mol. The Morgan fingerprint density at radius 1 is 1.38 bits per heavy atom. The molecular formula is C17H26N2O5S2. The summed E-state index contributed by atoms with van der Waals surface area (Å²) in [7, 11) is -3.48. The fourth-order valence-corrected chi connectivity index (χ4v) is 5.56. The maximum Gasteiger partial charge on any atom is 0.309 e. The molecule has 2 rings (SSSR count). The molecule has 1 N–H and O–H groups in total. The number of hydrogen-bond donors (Lipinski definition) is 1. The van der Waals surface area contributed by atoms with E-state index >= 15 is 0 Å². The molecule has 1 aromatic heterocycles. The van der Waals surface area contributed by atoms with Crippen LogP contribution in [0.25, 0.3) is 0 Å². The smallest absolute Gasteiger partial charge is 0.309 e. The summed E-state index contributed by atoms with van der Waals surface area (Å²) in [5.74, 6) is -1.11. The molecule has 1 aromatic rings.